The third-order valence-electron chi connectivity index (χ3n) is 2.22. The van der Waals surface area contributed by atoms with Gasteiger partial charge >= 0.3 is 0 Å². The van der Waals surface area contributed by atoms with Gasteiger partial charge in [0.25, 0.3) is 0 Å². The van der Waals surface area contributed by atoms with Crippen LogP contribution in [0.5, 0.6) is 0 Å². The Kier molecular flexibility index (Phi) is 2.19. The van der Waals surface area contributed by atoms with Gasteiger partial charge in [-0.15, -0.1) is 0 Å². The average Bonchev–Trinajstić information content (AvgIpc) is 1.95. The zero-order chi connectivity index (χ0) is 8.65. The molecule has 0 aromatic rings. The normalized spacial score (nSPS) is 30.6. The Morgan fingerprint density at radius 2 is 2.00 bits per heavy atom. The van der Waals surface area contributed by atoms with Crippen molar-refractivity contribution in [2.24, 2.45) is 5.41 Å². The highest BCUT2D eigenvalue weighted by atomic mass is 79.9. The Balaban J connectivity index is 2.90. The first-order valence-electron chi connectivity index (χ1n) is 3.68. The molecule has 1 aliphatic rings. The number of carbonyl (C=O) groups is 2. The Hall–Kier alpha value is -0.180. The Morgan fingerprint density at radius 3 is 2.45 bits per heavy atom. The molecule has 0 amide bonds. The summed E-state index contributed by atoms with van der Waals surface area (Å²) in [7, 11) is 0. The Morgan fingerprint density at radius 1 is 1.45 bits per heavy atom. The molecule has 1 atom stereocenters. The molecular formula is C8H11BrO2. The van der Waals surface area contributed by atoms with E-state index in [0.717, 1.165) is 0 Å². The maximum absolute atomic E-state index is 11.4. The van der Waals surface area contributed by atoms with Gasteiger partial charge in [0.1, 0.15) is 5.78 Å². The molecule has 0 unspecified atom stereocenters. The number of ketones is 2. The number of Topliss-reactive ketones (excluding diaryl/α,β-unsaturated/α-hetero) is 2. The molecule has 0 bridgehead atoms. The first-order valence-corrected chi connectivity index (χ1v) is 4.59. The lowest BCUT2D eigenvalue weighted by Crippen LogP contribution is -2.42. The SMILES string of the molecule is CC1(C)C(=O)CC[C@@H](Br)C1=O. The zero-order valence-electron chi connectivity index (χ0n) is 6.69. The van der Waals surface area contributed by atoms with Gasteiger partial charge in [0.15, 0.2) is 5.78 Å². The highest BCUT2D eigenvalue weighted by Gasteiger charge is 2.42. The summed E-state index contributed by atoms with van der Waals surface area (Å²) < 4.78 is 0. The summed E-state index contributed by atoms with van der Waals surface area (Å²) in [6.45, 7) is 3.40. The van der Waals surface area contributed by atoms with E-state index in [0.29, 0.717) is 12.8 Å². The van der Waals surface area contributed by atoms with E-state index in [4.69, 9.17) is 0 Å². The van der Waals surface area contributed by atoms with Gasteiger partial charge in [-0.1, -0.05) is 15.9 Å². The molecule has 2 nitrogen and oxygen atoms in total. The van der Waals surface area contributed by atoms with E-state index >= 15 is 0 Å². The number of carbonyl (C=O) groups excluding carboxylic acids is 2. The van der Waals surface area contributed by atoms with Crippen LogP contribution in [0.3, 0.4) is 0 Å². The number of halogens is 1. The van der Waals surface area contributed by atoms with Crippen LogP contribution >= 0.6 is 15.9 Å². The van der Waals surface area contributed by atoms with Crippen molar-refractivity contribution in [1.29, 1.82) is 0 Å². The maximum atomic E-state index is 11.4. The van der Waals surface area contributed by atoms with E-state index in [9.17, 15) is 9.59 Å². The number of rotatable bonds is 0. The van der Waals surface area contributed by atoms with Crippen molar-refractivity contribution in [1.82, 2.24) is 0 Å². The standard InChI is InChI=1S/C8H11BrO2/c1-8(2)6(10)4-3-5(9)7(8)11/h5H,3-4H2,1-2H3/t5-/m1/s1. The van der Waals surface area contributed by atoms with Crippen LogP contribution in [0.4, 0.5) is 0 Å². The maximum Gasteiger partial charge on any atom is 0.159 e. The summed E-state index contributed by atoms with van der Waals surface area (Å²) >= 11 is 3.25. The second kappa shape index (κ2) is 2.70. The molecule has 1 rings (SSSR count). The lowest BCUT2D eigenvalue weighted by molar-refractivity contribution is -0.140. The van der Waals surface area contributed by atoms with E-state index in [1.54, 1.807) is 13.8 Å². The molecule has 3 heteroatoms. The summed E-state index contributed by atoms with van der Waals surface area (Å²) in [4.78, 5) is 22.5. The van der Waals surface area contributed by atoms with Crippen molar-refractivity contribution in [3.8, 4) is 0 Å². The predicted octanol–water partition coefficient (Wildman–Crippen LogP) is 1.71. The quantitative estimate of drug-likeness (QED) is 0.459. The molecule has 0 aliphatic heterocycles. The molecule has 1 saturated carbocycles. The summed E-state index contributed by atoms with van der Waals surface area (Å²) in [6, 6.07) is 0. The van der Waals surface area contributed by atoms with Crippen molar-refractivity contribution in [3.05, 3.63) is 0 Å². The van der Waals surface area contributed by atoms with Gasteiger partial charge < -0.3 is 0 Å². The van der Waals surface area contributed by atoms with E-state index in [1.807, 2.05) is 0 Å². The van der Waals surface area contributed by atoms with Crippen LogP contribution in [0.1, 0.15) is 26.7 Å². The molecule has 0 saturated heterocycles. The summed E-state index contributed by atoms with van der Waals surface area (Å²) in [5.41, 5.74) is -0.758. The van der Waals surface area contributed by atoms with Crippen LogP contribution in [0.2, 0.25) is 0 Å². The molecule has 0 aromatic heterocycles. The van der Waals surface area contributed by atoms with E-state index < -0.39 is 5.41 Å². The predicted molar refractivity (Wildman–Crippen MR) is 45.7 cm³/mol. The largest absolute Gasteiger partial charge is 0.299 e. The summed E-state index contributed by atoms with van der Waals surface area (Å²) in [6.07, 6.45) is 1.18. The smallest absolute Gasteiger partial charge is 0.159 e. The van der Waals surface area contributed by atoms with Crippen molar-refractivity contribution in [3.63, 3.8) is 0 Å². The molecule has 11 heavy (non-hydrogen) atoms. The topological polar surface area (TPSA) is 34.1 Å². The lowest BCUT2D eigenvalue weighted by Gasteiger charge is -2.29. The number of alkyl halides is 1. The van der Waals surface area contributed by atoms with E-state index in [-0.39, 0.29) is 16.4 Å². The Bertz CT molecular complexity index is 208. The van der Waals surface area contributed by atoms with E-state index in [2.05, 4.69) is 15.9 Å². The molecule has 0 aromatic carbocycles. The third kappa shape index (κ3) is 1.39. The molecular weight excluding hydrogens is 208 g/mol. The minimum absolute atomic E-state index is 0.0220. The van der Waals surface area contributed by atoms with Crippen LogP contribution in [0.15, 0.2) is 0 Å². The fraction of sp³-hybridized carbons (Fsp3) is 0.750. The van der Waals surface area contributed by atoms with Crippen LogP contribution in [-0.4, -0.2) is 16.4 Å². The van der Waals surface area contributed by atoms with Gasteiger partial charge in [-0.2, -0.15) is 0 Å². The van der Waals surface area contributed by atoms with Gasteiger partial charge in [-0.25, -0.2) is 0 Å². The Labute approximate surface area is 74.5 Å². The third-order valence-corrected chi connectivity index (χ3v) is 3.10. The molecule has 1 fully saturated rings. The van der Waals surface area contributed by atoms with Crippen molar-refractivity contribution in [2.75, 3.05) is 0 Å². The molecule has 62 valence electrons. The molecule has 0 radical (unpaired) electrons. The van der Waals surface area contributed by atoms with Crippen LogP contribution in [0.25, 0.3) is 0 Å². The first kappa shape index (κ1) is 8.91. The summed E-state index contributed by atoms with van der Waals surface area (Å²) in [5, 5.41) is 0. The zero-order valence-corrected chi connectivity index (χ0v) is 8.27. The number of hydrogen-bond donors (Lipinski definition) is 0. The molecule has 0 N–H and O–H groups in total. The highest BCUT2D eigenvalue weighted by molar-refractivity contribution is 9.10. The van der Waals surface area contributed by atoms with Gasteiger partial charge in [0.2, 0.25) is 0 Å². The highest BCUT2D eigenvalue weighted by Crippen LogP contribution is 2.32. The second-order valence-electron chi connectivity index (χ2n) is 3.42. The minimum atomic E-state index is -0.758. The summed E-state index contributed by atoms with van der Waals surface area (Å²) in [5.74, 6) is 0.0898. The van der Waals surface area contributed by atoms with Crippen molar-refractivity contribution < 1.29 is 9.59 Å². The molecule has 0 heterocycles. The van der Waals surface area contributed by atoms with Gasteiger partial charge in [0.05, 0.1) is 10.2 Å². The van der Waals surface area contributed by atoms with Crippen LogP contribution in [-0.2, 0) is 9.59 Å². The van der Waals surface area contributed by atoms with Gasteiger partial charge in [-0.3, -0.25) is 9.59 Å². The van der Waals surface area contributed by atoms with Gasteiger partial charge in [-0.05, 0) is 20.3 Å². The molecule has 0 spiro atoms. The monoisotopic (exact) mass is 218 g/mol. The number of hydrogen-bond acceptors (Lipinski definition) is 2. The van der Waals surface area contributed by atoms with Crippen molar-refractivity contribution in [2.45, 2.75) is 31.5 Å². The van der Waals surface area contributed by atoms with Crippen LogP contribution < -0.4 is 0 Å². The second-order valence-corrected chi connectivity index (χ2v) is 4.52. The van der Waals surface area contributed by atoms with Gasteiger partial charge in [0, 0.05) is 6.42 Å². The fourth-order valence-electron chi connectivity index (χ4n) is 1.23. The molecule has 1 aliphatic carbocycles. The van der Waals surface area contributed by atoms with Crippen LogP contribution in [0, 0.1) is 5.41 Å². The van der Waals surface area contributed by atoms with E-state index in [1.165, 1.54) is 0 Å². The van der Waals surface area contributed by atoms with Crippen molar-refractivity contribution >= 4 is 27.5 Å². The minimum Gasteiger partial charge on any atom is -0.299 e. The lowest BCUT2D eigenvalue weighted by atomic mass is 9.75. The average molecular weight is 219 g/mol. The first-order chi connectivity index (χ1) is 4.96. The fourth-order valence-corrected chi connectivity index (χ4v) is 2.03.